The van der Waals surface area contributed by atoms with Crippen LogP contribution in [0.15, 0.2) is 23.8 Å². The molecule has 3 saturated carbocycles. The van der Waals surface area contributed by atoms with Gasteiger partial charge in [0.05, 0.1) is 12.2 Å². The van der Waals surface area contributed by atoms with Crippen LogP contribution in [0.2, 0.25) is 0 Å². The average molecular weight is 514 g/mol. The van der Waals surface area contributed by atoms with Crippen molar-refractivity contribution < 1.29 is 47.4 Å². The maximum absolute atomic E-state index is 17.3. The first kappa shape index (κ1) is 25.4. The molecule has 5 rings (SSSR count). The molecule has 0 aromatic heterocycles. The second-order valence-electron chi connectivity index (χ2n) is 11.5. The Morgan fingerprint density at radius 3 is 2.60 bits per heavy atom. The van der Waals surface area contributed by atoms with Gasteiger partial charge in [-0.05, 0) is 64.5 Å². The van der Waals surface area contributed by atoms with Crippen LogP contribution >= 0.6 is 7.82 Å². The second kappa shape index (κ2) is 7.40. The van der Waals surface area contributed by atoms with Crippen molar-refractivity contribution in [1.29, 1.82) is 0 Å². The number of carbonyl (C=O) groups is 2. The van der Waals surface area contributed by atoms with Gasteiger partial charge in [0.1, 0.15) is 6.61 Å². The lowest BCUT2D eigenvalue weighted by Gasteiger charge is -2.62. The molecule has 3 N–H and O–H groups in total. The second-order valence-corrected chi connectivity index (χ2v) is 12.8. The van der Waals surface area contributed by atoms with E-state index < -0.39 is 72.1 Å². The van der Waals surface area contributed by atoms with E-state index >= 15 is 4.39 Å². The number of hydrogen-bond acceptors (Lipinski definition) is 7. The highest BCUT2D eigenvalue weighted by Crippen LogP contribution is 2.72. The molecule has 1 aliphatic heterocycles. The number of phosphoric acid groups is 1. The van der Waals surface area contributed by atoms with Gasteiger partial charge in [-0.3, -0.25) is 14.1 Å². The van der Waals surface area contributed by atoms with E-state index in [-0.39, 0.29) is 18.6 Å². The van der Waals surface area contributed by atoms with E-state index in [1.807, 2.05) is 0 Å². The van der Waals surface area contributed by atoms with Crippen LogP contribution in [-0.4, -0.2) is 62.3 Å². The lowest BCUT2D eigenvalue weighted by Crippen LogP contribution is -2.70. The summed E-state index contributed by atoms with van der Waals surface area (Å²) in [5.41, 5.74) is -5.37. The quantitative estimate of drug-likeness (QED) is 0.483. The van der Waals surface area contributed by atoms with Crippen molar-refractivity contribution in [2.24, 2.45) is 22.7 Å². The summed E-state index contributed by atoms with van der Waals surface area (Å²) in [4.78, 5) is 44.0. The van der Waals surface area contributed by atoms with E-state index in [4.69, 9.17) is 9.47 Å². The van der Waals surface area contributed by atoms with Gasteiger partial charge >= 0.3 is 7.82 Å². The molecule has 0 bridgehead atoms. The molecule has 4 fully saturated rings. The topological polar surface area (TPSA) is 140 Å². The Balaban J connectivity index is 1.59. The van der Waals surface area contributed by atoms with Crippen molar-refractivity contribution in [3.63, 3.8) is 0 Å². The van der Waals surface area contributed by atoms with E-state index in [1.165, 1.54) is 12.2 Å². The van der Waals surface area contributed by atoms with Crippen LogP contribution in [-0.2, 0) is 28.2 Å². The first-order valence-corrected chi connectivity index (χ1v) is 13.5. The molecule has 5 aliphatic rings. The number of rotatable bonds is 4. The van der Waals surface area contributed by atoms with Gasteiger partial charge in [-0.25, -0.2) is 8.96 Å². The fourth-order valence-corrected chi connectivity index (χ4v) is 8.34. The molecule has 0 unspecified atom stereocenters. The van der Waals surface area contributed by atoms with Crippen LogP contribution in [0, 0.1) is 22.7 Å². The summed E-state index contributed by atoms with van der Waals surface area (Å²) in [6.45, 7) is 5.86. The summed E-state index contributed by atoms with van der Waals surface area (Å²) < 4.78 is 45.5. The number of phosphoric ester groups is 1. The third-order valence-electron chi connectivity index (χ3n) is 9.41. The molecule has 0 aromatic carbocycles. The molecular weight excluding hydrogens is 482 g/mol. The van der Waals surface area contributed by atoms with E-state index in [2.05, 4.69) is 4.52 Å². The Hall–Kier alpha value is -1.26. The van der Waals surface area contributed by atoms with Crippen molar-refractivity contribution in [2.45, 2.75) is 82.6 Å². The number of Topliss-reactive ketones (excluding diaryl/α,β-unsaturated/α-hetero) is 1. The molecule has 0 aromatic rings. The monoisotopic (exact) mass is 514 g/mol. The summed E-state index contributed by atoms with van der Waals surface area (Å²) in [5.74, 6) is -3.17. The highest BCUT2D eigenvalue weighted by molar-refractivity contribution is 7.46. The predicted molar refractivity (Wildman–Crippen MR) is 120 cm³/mol. The fraction of sp³-hybridized carbons (Fsp3) is 0.750. The number of allylic oxidation sites excluding steroid dienone is 4. The molecular formula is C24H32FO9P. The van der Waals surface area contributed by atoms with Crippen LogP contribution in [0.3, 0.4) is 0 Å². The van der Waals surface area contributed by atoms with Gasteiger partial charge in [-0.2, -0.15) is 0 Å². The molecule has 11 heteroatoms. The lowest BCUT2D eigenvalue weighted by molar-refractivity contribution is -0.246. The van der Waals surface area contributed by atoms with Gasteiger partial charge in [-0.1, -0.05) is 18.6 Å². The van der Waals surface area contributed by atoms with Crippen molar-refractivity contribution in [2.75, 3.05) is 6.61 Å². The SMILES string of the molecule is CC1(C)O[C@@H]2C[C@H]3[C@@H]4CCC5=CC(=O)C=C[C@]5(C)[C@@]4(F)[C@@H](O)C[C@]3(C)[C@]2(C(=O)COP(=O)(O)O)O1. The molecule has 0 spiro atoms. The standard InChI is InChI=1S/C24H32FO9P/c1-20(2)33-19-10-16-15-6-5-13-9-14(26)7-8-21(13,3)23(15,25)17(27)11-22(16,4)24(19,34-20)18(28)12-32-35(29,30)31/h7-9,15-17,19,27H,5-6,10-12H2,1-4H3,(H2,29,30,31)/t15-,16-,17-,19+,21-,22-,23-,24+/m0/s1. The van der Waals surface area contributed by atoms with Gasteiger partial charge in [0, 0.05) is 16.7 Å². The minimum atomic E-state index is -4.94. The van der Waals surface area contributed by atoms with Crippen molar-refractivity contribution >= 4 is 19.4 Å². The molecule has 194 valence electrons. The minimum absolute atomic E-state index is 0.132. The number of carbonyl (C=O) groups excluding carboxylic acids is 2. The van der Waals surface area contributed by atoms with Crippen molar-refractivity contribution in [3.8, 4) is 0 Å². The fourth-order valence-electron chi connectivity index (χ4n) is 8.06. The van der Waals surface area contributed by atoms with E-state index in [1.54, 1.807) is 33.8 Å². The third kappa shape index (κ3) is 3.24. The molecule has 1 saturated heterocycles. The van der Waals surface area contributed by atoms with Crippen molar-refractivity contribution in [1.82, 2.24) is 0 Å². The summed E-state index contributed by atoms with van der Waals surface area (Å²) in [6.07, 6.45) is 3.06. The van der Waals surface area contributed by atoms with Gasteiger partial charge in [0.2, 0.25) is 0 Å². The Bertz CT molecular complexity index is 1100. The summed E-state index contributed by atoms with van der Waals surface area (Å²) in [7, 11) is -4.94. The number of ketones is 2. The van der Waals surface area contributed by atoms with E-state index in [9.17, 15) is 29.0 Å². The normalized spacial score (nSPS) is 48.0. The zero-order chi connectivity index (χ0) is 25.8. The Labute approximate surface area is 202 Å². The zero-order valence-electron chi connectivity index (χ0n) is 20.2. The third-order valence-corrected chi connectivity index (χ3v) is 9.88. The minimum Gasteiger partial charge on any atom is -0.390 e. The molecule has 1 heterocycles. The molecule has 0 amide bonds. The number of alkyl halides is 1. The number of fused-ring (bicyclic) bond motifs is 7. The number of hydrogen-bond donors (Lipinski definition) is 3. The highest BCUT2D eigenvalue weighted by atomic mass is 31.2. The zero-order valence-corrected chi connectivity index (χ0v) is 21.1. The molecule has 0 radical (unpaired) electrons. The summed E-state index contributed by atoms with van der Waals surface area (Å²) >= 11 is 0. The Kier molecular flexibility index (Phi) is 5.37. The lowest BCUT2D eigenvalue weighted by atomic mass is 9.44. The number of ether oxygens (including phenoxy) is 2. The summed E-state index contributed by atoms with van der Waals surface area (Å²) in [5, 5.41) is 11.5. The van der Waals surface area contributed by atoms with Crippen LogP contribution in [0.4, 0.5) is 4.39 Å². The maximum Gasteiger partial charge on any atom is 0.470 e. The van der Waals surface area contributed by atoms with Gasteiger partial charge in [-0.15, -0.1) is 0 Å². The molecule has 9 nitrogen and oxygen atoms in total. The number of halogens is 1. The predicted octanol–water partition coefficient (Wildman–Crippen LogP) is 2.54. The van der Waals surface area contributed by atoms with E-state index in [0.717, 1.165) is 0 Å². The van der Waals surface area contributed by atoms with Crippen LogP contribution in [0.5, 0.6) is 0 Å². The maximum atomic E-state index is 17.3. The molecule has 35 heavy (non-hydrogen) atoms. The molecule has 4 aliphatic carbocycles. The average Bonchev–Trinajstić information content (AvgIpc) is 3.14. The van der Waals surface area contributed by atoms with Gasteiger partial charge in [0.25, 0.3) is 0 Å². The smallest absolute Gasteiger partial charge is 0.390 e. The van der Waals surface area contributed by atoms with Crippen molar-refractivity contribution in [3.05, 3.63) is 23.8 Å². The number of aliphatic hydroxyl groups is 1. The Morgan fingerprint density at radius 2 is 1.94 bits per heavy atom. The first-order chi connectivity index (χ1) is 16.0. The van der Waals surface area contributed by atoms with Crippen LogP contribution in [0.25, 0.3) is 0 Å². The number of aliphatic hydroxyl groups excluding tert-OH is 1. The van der Waals surface area contributed by atoms with Crippen LogP contribution in [0.1, 0.15) is 53.4 Å². The Morgan fingerprint density at radius 1 is 1.26 bits per heavy atom. The van der Waals surface area contributed by atoms with Crippen LogP contribution < -0.4 is 0 Å². The largest absolute Gasteiger partial charge is 0.470 e. The highest BCUT2D eigenvalue weighted by Gasteiger charge is 2.80. The van der Waals surface area contributed by atoms with Gasteiger partial charge < -0.3 is 24.4 Å². The van der Waals surface area contributed by atoms with E-state index in [0.29, 0.717) is 18.4 Å². The van der Waals surface area contributed by atoms with Gasteiger partial charge in [0.15, 0.2) is 28.6 Å². The first-order valence-electron chi connectivity index (χ1n) is 11.9. The molecule has 8 atom stereocenters. The summed E-state index contributed by atoms with van der Waals surface area (Å²) in [6, 6.07) is 0.